The van der Waals surface area contributed by atoms with Gasteiger partial charge >= 0.3 is 6.03 Å². The Morgan fingerprint density at radius 3 is 2.31 bits per heavy atom. The SMILES string of the molecule is CCOc1ccc(/C=C2\C(=O)NC(=O)N(c3ccc(OCc4ccc(C)cc4)cc3)C2=O)cc1Cl. The predicted molar refractivity (Wildman–Crippen MR) is 134 cm³/mol. The number of amides is 4. The maximum Gasteiger partial charge on any atom is 0.335 e. The van der Waals surface area contributed by atoms with Gasteiger partial charge in [-0.15, -0.1) is 0 Å². The summed E-state index contributed by atoms with van der Waals surface area (Å²) in [5.74, 6) is -0.441. The number of halogens is 1. The average Bonchev–Trinajstić information content (AvgIpc) is 2.84. The molecule has 0 saturated carbocycles. The number of nitrogens with zero attached hydrogens (tertiary/aromatic N) is 1. The first-order chi connectivity index (χ1) is 16.9. The van der Waals surface area contributed by atoms with Gasteiger partial charge in [0.2, 0.25) is 0 Å². The molecular weight excluding hydrogens is 468 g/mol. The van der Waals surface area contributed by atoms with E-state index in [9.17, 15) is 14.4 Å². The number of rotatable bonds is 7. The van der Waals surface area contributed by atoms with Crippen molar-refractivity contribution in [3.05, 3.63) is 94.0 Å². The van der Waals surface area contributed by atoms with Crippen molar-refractivity contribution in [2.24, 2.45) is 0 Å². The van der Waals surface area contributed by atoms with Gasteiger partial charge < -0.3 is 9.47 Å². The van der Waals surface area contributed by atoms with Crippen LogP contribution in [-0.4, -0.2) is 24.5 Å². The third-order valence-corrected chi connectivity index (χ3v) is 5.58. The molecule has 1 aliphatic heterocycles. The number of nitrogens with one attached hydrogen (secondary N) is 1. The van der Waals surface area contributed by atoms with E-state index >= 15 is 0 Å². The van der Waals surface area contributed by atoms with Gasteiger partial charge in [0.05, 0.1) is 17.3 Å². The molecule has 0 spiro atoms. The monoisotopic (exact) mass is 490 g/mol. The van der Waals surface area contributed by atoms with Crippen LogP contribution in [0.5, 0.6) is 11.5 Å². The molecule has 0 atom stereocenters. The van der Waals surface area contributed by atoms with Crippen LogP contribution in [0.15, 0.2) is 72.3 Å². The van der Waals surface area contributed by atoms with Crippen LogP contribution in [0, 0.1) is 6.92 Å². The van der Waals surface area contributed by atoms with Gasteiger partial charge in [-0.2, -0.15) is 0 Å². The number of barbiturate groups is 1. The molecular formula is C27H23ClN2O5. The topological polar surface area (TPSA) is 84.9 Å². The quantitative estimate of drug-likeness (QED) is 0.359. The summed E-state index contributed by atoms with van der Waals surface area (Å²) in [5, 5.41) is 2.56. The van der Waals surface area contributed by atoms with Gasteiger partial charge in [0.25, 0.3) is 11.8 Å². The Morgan fingerprint density at radius 2 is 1.66 bits per heavy atom. The summed E-state index contributed by atoms with van der Waals surface area (Å²) < 4.78 is 11.2. The van der Waals surface area contributed by atoms with Crippen molar-refractivity contribution in [2.45, 2.75) is 20.5 Å². The number of benzene rings is 3. The van der Waals surface area contributed by atoms with Crippen molar-refractivity contribution in [3.8, 4) is 11.5 Å². The van der Waals surface area contributed by atoms with Crippen LogP contribution in [0.4, 0.5) is 10.5 Å². The molecule has 3 aromatic carbocycles. The Bertz CT molecular complexity index is 1300. The average molecular weight is 491 g/mol. The van der Waals surface area contributed by atoms with Crippen LogP contribution in [0.3, 0.4) is 0 Å². The van der Waals surface area contributed by atoms with E-state index in [0.29, 0.717) is 41.0 Å². The van der Waals surface area contributed by atoms with E-state index in [1.54, 1.807) is 42.5 Å². The van der Waals surface area contributed by atoms with Crippen LogP contribution in [0.25, 0.3) is 6.08 Å². The highest BCUT2D eigenvalue weighted by Crippen LogP contribution is 2.28. The highest BCUT2D eigenvalue weighted by molar-refractivity contribution is 6.39. The molecule has 4 rings (SSSR count). The molecule has 0 aromatic heterocycles. The fraction of sp³-hybridized carbons (Fsp3) is 0.148. The molecule has 3 aromatic rings. The van der Waals surface area contributed by atoms with Gasteiger partial charge in [-0.3, -0.25) is 14.9 Å². The Hall–Kier alpha value is -4.10. The fourth-order valence-corrected chi connectivity index (χ4v) is 3.72. The molecule has 1 N–H and O–H groups in total. The van der Waals surface area contributed by atoms with Gasteiger partial charge in [-0.1, -0.05) is 47.5 Å². The molecule has 0 aliphatic carbocycles. The third-order valence-electron chi connectivity index (χ3n) is 5.29. The maximum absolute atomic E-state index is 13.1. The summed E-state index contributed by atoms with van der Waals surface area (Å²) in [6.45, 7) is 4.69. The molecule has 4 amide bonds. The molecule has 0 unspecified atom stereocenters. The third kappa shape index (κ3) is 5.53. The fourth-order valence-electron chi connectivity index (χ4n) is 3.48. The molecule has 0 bridgehead atoms. The minimum absolute atomic E-state index is 0.190. The number of hydrogen-bond acceptors (Lipinski definition) is 5. The van der Waals surface area contributed by atoms with E-state index in [4.69, 9.17) is 21.1 Å². The number of aryl methyl sites for hydroxylation is 1. The van der Waals surface area contributed by atoms with Crippen molar-refractivity contribution in [2.75, 3.05) is 11.5 Å². The van der Waals surface area contributed by atoms with Crippen LogP contribution in [0.1, 0.15) is 23.6 Å². The van der Waals surface area contributed by atoms with E-state index in [-0.39, 0.29) is 5.57 Å². The van der Waals surface area contributed by atoms with Crippen molar-refractivity contribution < 1.29 is 23.9 Å². The minimum atomic E-state index is -0.824. The number of anilines is 1. The van der Waals surface area contributed by atoms with Gasteiger partial charge in [0.1, 0.15) is 23.7 Å². The first kappa shape index (κ1) is 24.0. The van der Waals surface area contributed by atoms with Crippen LogP contribution >= 0.6 is 11.6 Å². The van der Waals surface area contributed by atoms with Gasteiger partial charge in [0.15, 0.2) is 0 Å². The highest BCUT2D eigenvalue weighted by atomic mass is 35.5. The van der Waals surface area contributed by atoms with E-state index < -0.39 is 17.8 Å². The summed E-state index contributed by atoms with van der Waals surface area (Å²) >= 11 is 6.22. The summed E-state index contributed by atoms with van der Waals surface area (Å²) in [6, 6.07) is 18.6. The molecule has 178 valence electrons. The van der Waals surface area contributed by atoms with Gasteiger partial charge in [-0.25, -0.2) is 9.69 Å². The molecule has 1 saturated heterocycles. The lowest BCUT2D eigenvalue weighted by molar-refractivity contribution is -0.122. The van der Waals surface area contributed by atoms with Gasteiger partial charge in [0, 0.05) is 0 Å². The Kier molecular flexibility index (Phi) is 7.17. The predicted octanol–water partition coefficient (Wildman–Crippen LogP) is 5.29. The van der Waals surface area contributed by atoms with Crippen molar-refractivity contribution in [1.82, 2.24) is 5.32 Å². The normalized spacial score (nSPS) is 14.8. The smallest absolute Gasteiger partial charge is 0.335 e. The standard InChI is InChI=1S/C27H23ClN2O5/c1-3-34-24-13-8-19(15-23(24)28)14-22-25(31)29-27(33)30(26(22)32)20-9-11-21(12-10-20)35-16-18-6-4-17(2)5-7-18/h4-15H,3,16H2,1-2H3,(H,29,31,33)/b22-14+. The first-order valence-corrected chi connectivity index (χ1v) is 11.4. The number of hydrogen-bond donors (Lipinski definition) is 1. The summed E-state index contributed by atoms with van der Waals surface area (Å²) in [7, 11) is 0. The van der Waals surface area contributed by atoms with Gasteiger partial charge in [-0.05, 0) is 67.4 Å². The Balaban J connectivity index is 1.52. The van der Waals surface area contributed by atoms with Crippen molar-refractivity contribution >= 4 is 41.2 Å². The summed E-state index contributed by atoms with van der Waals surface area (Å²) in [5.41, 5.74) is 2.82. The molecule has 0 radical (unpaired) electrons. The number of imide groups is 2. The largest absolute Gasteiger partial charge is 0.492 e. The van der Waals surface area contributed by atoms with E-state index in [0.717, 1.165) is 10.5 Å². The highest BCUT2D eigenvalue weighted by Gasteiger charge is 2.36. The Labute approximate surface area is 207 Å². The molecule has 1 heterocycles. The zero-order valence-corrected chi connectivity index (χ0v) is 20.0. The number of urea groups is 1. The second-order valence-electron chi connectivity index (χ2n) is 7.85. The summed E-state index contributed by atoms with van der Waals surface area (Å²) in [4.78, 5) is 38.9. The number of ether oxygens (including phenoxy) is 2. The van der Waals surface area contributed by atoms with Crippen LogP contribution in [0.2, 0.25) is 5.02 Å². The van der Waals surface area contributed by atoms with E-state index in [1.807, 2.05) is 38.1 Å². The zero-order chi connectivity index (χ0) is 24.9. The molecule has 7 nitrogen and oxygen atoms in total. The number of carbonyl (C=O) groups is 3. The summed E-state index contributed by atoms with van der Waals surface area (Å²) in [6.07, 6.45) is 1.39. The lowest BCUT2D eigenvalue weighted by Crippen LogP contribution is -2.54. The lowest BCUT2D eigenvalue weighted by atomic mass is 10.1. The molecule has 1 aliphatic rings. The Morgan fingerprint density at radius 1 is 0.943 bits per heavy atom. The second-order valence-corrected chi connectivity index (χ2v) is 8.26. The van der Waals surface area contributed by atoms with Crippen LogP contribution in [-0.2, 0) is 16.2 Å². The molecule has 8 heteroatoms. The minimum Gasteiger partial charge on any atom is -0.492 e. The van der Waals surface area contributed by atoms with Crippen molar-refractivity contribution in [3.63, 3.8) is 0 Å². The zero-order valence-electron chi connectivity index (χ0n) is 19.2. The van der Waals surface area contributed by atoms with Crippen LogP contribution < -0.4 is 19.7 Å². The van der Waals surface area contributed by atoms with E-state index in [1.165, 1.54) is 11.6 Å². The van der Waals surface area contributed by atoms with E-state index in [2.05, 4.69) is 5.32 Å². The second kappa shape index (κ2) is 10.4. The number of carbonyl (C=O) groups excluding carboxylic acids is 3. The molecule has 1 fully saturated rings. The maximum atomic E-state index is 13.1. The lowest BCUT2D eigenvalue weighted by Gasteiger charge is -2.26. The first-order valence-electron chi connectivity index (χ1n) is 11.0. The van der Waals surface area contributed by atoms with Crippen molar-refractivity contribution in [1.29, 1.82) is 0 Å². The molecule has 35 heavy (non-hydrogen) atoms.